The topological polar surface area (TPSA) is 61.8 Å². The molecule has 1 aromatic rings. The molecule has 26 heavy (non-hydrogen) atoms. The van der Waals surface area contributed by atoms with Gasteiger partial charge in [0.05, 0.1) is 7.11 Å². The summed E-state index contributed by atoms with van der Waals surface area (Å²) in [6.07, 6.45) is 6.89. The van der Waals surface area contributed by atoms with Crippen LogP contribution in [0.5, 0.6) is 5.88 Å². The van der Waals surface area contributed by atoms with Crippen molar-refractivity contribution in [2.45, 2.75) is 37.6 Å². The molecular weight excluding hydrogens is 330 g/mol. The quantitative estimate of drug-likeness (QED) is 0.810. The van der Waals surface area contributed by atoms with Gasteiger partial charge in [-0.1, -0.05) is 0 Å². The summed E-state index contributed by atoms with van der Waals surface area (Å²) in [5, 5.41) is 0. The first-order valence-corrected chi connectivity index (χ1v) is 9.71. The van der Waals surface area contributed by atoms with Gasteiger partial charge in [0, 0.05) is 56.9 Å². The van der Waals surface area contributed by atoms with Crippen LogP contribution in [0.4, 0.5) is 5.95 Å². The average Bonchev–Trinajstić information content (AvgIpc) is 3.50. The number of anilines is 1. The number of aromatic nitrogens is 2. The van der Waals surface area contributed by atoms with Gasteiger partial charge in [0.25, 0.3) is 0 Å². The molecule has 1 aliphatic carbocycles. The molecule has 3 heterocycles. The Labute approximate surface area is 155 Å². The molecule has 7 heteroatoms. The van der Waals surface area contributed by atoms with Crippen LogP contribution < -0.4 is 9.64 Å². The third kappa shape index (κ3) is 3.49. The van der Waals surface area contributed by atoms with Gasteiger partial charge in [-0.3, -0.25) is 9.69 Å². The van der Waals surface area contributed by atoms with Gasteiger partial charge in [-0.25, -0.2) is 4.98 Å². The highest BCUT2D eigenvalue weighted by Gasteiger charge is 2.43. The Bertz CT molecular complexity index is 665. The first-order valence-electron chi connectivity index (χ1n) is 9.71. The lowest BCUT2D eigenvalue weighted by Gasteiger charge is -2.49. The third-order valence-corrected chi connectivity index (χ3v) is 6.29. The van der Waals surface area contributed by atoms with E-state index in [1.165, 1.54) is 12.8 Å². The van der Waals surface area contributed by atoms with E-state index >= 15 is 0 Å². The normalized spacial score (nSPS) is 27.7. The highest BCUT2D eigenvalue weighted by atomic mass is 16.5. The van der Waals surface area contributed by atoms with Crippen molar-refractivity contribution in [3.63, 3.8) is 0 Å². The van der Waals surface area contributed by atoms with Gasteiger partial charge in [-0.15, -0.1) is 0 Å². The number of hydrogen-bond donors (Lipinski definition) is 0. The Morgan fingerprint density at radius 1 is 1.27 bits per heavy atom. The molecule has 142 valence electrons. The highest BCUT2D eigenvalue weighted by Crippen LogP contribution is 2.35. The van der Waals surface area contributed by atoms with Gasteiger partial charge in [0.2, 0.25) is 17.7 Å². The molecule has 1 saturated carbocycles. The molecular formula is C19H29N5O2. The Hall–Kier alpha value is -1.89. The molecule has 1 amide bonds. The number of hydrogen-bond acceptors (Lipinski definition) is 6. The molecule has 4 rings (SSSR count). The van der Waals surface area contributed by atoms with Gasteiger partial charge in [-0.2, -0.15) is 4.98 Å². The van der Waals surface area contributed by atoms with Crippen molar-refractivity contribution >= 4 is 11.9 Å². The maximum absolute atomic E-state index is 12.6. The SMILES string of the molecule is COc1ccnc(N2CCN(C)[C@@]3(CCC(=O)N(CC4CC4)CC3)C2)n1. The first-order chi connectivity index (χ1) is 12.6. The lowest BCUT2D eigenvalue weighted by atomic mass is 9.86. The van der Waals surface area contributed by atoms with Crippen molar-refractivity contribution in [2.24, 2.45) is 5.92 Å². The Morgan fingerprint density at radius 3 is 2.88 bits per heavy atom. The number of nitrogens with zero attached hydrogens (tertiary/aromatic N) is 5. The second kappa shape index (κ2) is 7.02. The van der Waals surface area contributed by atoms with Crippen LogP contribution >= 0.6 is 0 Å². The van der Waals surface area contributed by atoms with Crippen molar-refractivity contribution in [1.29, 1.82) is 0 Å². The molecule has 0 N–H and O–H groups in total. The van der Waals surface area contributed by atoms with E-state index in [2.05, 4.69) is 31.7 Å². The number of rotatable bonds is 4. The van der Waals surface area contributed by atoms with E-state index in [1.54, 1.807) is 19.4 Å². The number of likely N-dealkylation sites (N-methyl/N-ethyl adjacent to an activating group) is 1. The molecule has 7 nitrogen and oxygen atoms in total. The molecule has 0 aromatic carbocycles. The van der Waals surface area contributed by atoms with E-state index in [0.717, 1.165) is 57.4 Å². The molecule has 2 aliphatic heterocycles. The minimum atomic E-state index is 0.0125. The van der Waals surface area contributed by atoms with E-state index in [-0.39, 0.29) is 5.54 Å². The number of ether oxygens (including phenoxy) is 1. The fourth-order valence-electron chi connectivity index (χ4n) is 4.27. The maximum atomic E-state index is 12.6. The summed E-state index contributed by atoms with van der Waals surface area (Å²) in [6.45, 7) is 4.54. The van der Waals surface area contributed by atoms with Crippen molar-refractivity contribution in [3.05, 3.63) is 12.3 Å². The summed E-state index contributed by atoms with van der Waals surface area (Å²) in [7, 11) is 3.83. The Balaban J connectivity index is 1.50. The van der Waals surface area contributed by atoms with E-state index < -0.39 is 0 Å². The molecule has 1 atom stereocenters. The molecule has 2 saturated heterocycles. The van der Waals surface area contributed by atoms with Crippen molar-refractivity contribution in [2.75, 3.05) is 51.8 Å². The number of amides is 1. The summed E-state index contributed by atoms with van der Waals surface area (Å²) < 4.78 is 5.26. The smallest absolute Gasteiger partial charge is 0.228 e. The summed E-state index contributed by atoms with van der Waals surface area (Å²) in [5.74, 6) is 2.40. The summed E-state index contributed by atoms with van der Waals surface area (Å²) in [5.41, 5.74) is 0.0125. The Morgan fingerprint density at radius 2 is 2.12 bits per heavy atom. The zero-order chi connectivity index (χ0) is 18.1. The molecule has 3 aliphatic rings. The van der Waals surface area contributed by atoms with Crippen LogP contribution in [0.3, 0.4) is 0 Å². The van der Waals surface area contributed by atoms with Gasteiger partial charge in [0.15, 0.2) is 0 Å². The number of piperazine rings is 1. The van der Waals surface area contributed by atoms with E-state index in [1.807, 2.05) is 0 Å². The fourth-order valence-corrected chi connectivity index (χ4v) is 4.27. The van der Waals surface area contributed by atoms with E-state index in [4.69, 9.17) is 4.74 Å². The predicted octanol–water partition coefficient (Wildman–Crippen LogP) is 1.40. The van der Waals surface area contributed by atoms with Crippen molar-refractivity contribution in [1.82, 2.24) is 19.8 Å². The minimum absolute atomic E-state index is 0.0125. The molecule has 0 unspecified atom stereocenters. The van der Waals surface area contributed by atoms with E-state index in [0.29, 0.717) is 18.2 Å². The van der Waals surface area contributed by atoms with Crippen LogP contribution in [0.25, 0.3) is 0 Å². The summed E-state index contributed by atoms with van der Waals surface area (Å²) in [6, 6.07) is 1.77. The molecule has 1 spiro atoms. The van der Waals surface area contributed by atoms with Crippen molar-refractivity contribution < 1.29 is 9.53 Å². The standard InChI is InChI=1S/C19H29N5O2/c1-22-11-12-24(18-20-9-6-16(21-18)26-2)14-19(22)7-5-17(25)23(10-8-19)13-15-3-4-15/h6,9,15H,3-5,7-8,10-14H2,1-2H3/t19-/m1/s1. The van der Waals surface area contributed by atoms with Crippen LogP contribution in [0.1, 0.15) is 32.1 Å². The molecule has 1 aromatic heterocycles. The second-order valence-corrected chi connectivity index (χ2v) is 8.00. The number of carbonyl (C=O) groups is 1. The first kappa shape index (κ1) is 17.5. The number of methoxy groups -OCH3 is 1. The monoisotopic (exact) mass is 359 g/mol. The van der Waals surface area contributed by atoms with Crippen LogP contribution in [0.2, 0.25) is 0 Å². The van der Waals surface area contributed by atoms with E-state index in [9.17, 15) is 4.79 Å². The van der Waals surface area contributed by atoms with Gasteiger partial charge in [-0.05, 0) is 38.6 Å². The fraction of sp³-hybridized carbons (Fsp3) is 0.737. The summed E-state index contributed by atoms with van der Waals surface area (Å²) in [4.78, 5) is 28.4. The van der Waals surface area contributed by atoms with Gasteiger partial charge < -0.3 is 14.5 Å². The minimum Gasteiger partial charge on any atom is -0.481 e. The van der Waals surface area contributed by atoms with Gasteiger partial charge >= 0.3 is 0 Å². The average molecular weight is 359 g/mol. The maximum Gasteiger partial charge on any atom is 0.228 e. The van der Waals surface area contributed by atoms with Crippen LogP contribution in [-0.2, 0) is 4.79 Å². The molecule has 0 radical (unpaired) electrons. The summed E-state index contributed by atoms with van der Waals surface area (Å²) >= 11 is 0. The lowest BCUT2D eigenvalue weighted by molar-refractivity contribution is -0.130. The highest BCUT2D eigenvalue weighted by molar-refractivity contribution is 5.76. The van der Waals surface area contributed by atoms with Crippen LogP contribution in [0.15, 0.2) is 12.3 Å². The lowest BCUT2D eigenvalue weighted by Crippen LogP contribution is -2.61. The third-order valence-electron chi connectivity index (χ3n) is 6.29. The van der Waals surface area contributed by atoms with Crippen molar-refractivity contribution in [3.8, 4) is 5.88 Å². The zero-order valence-corrected chi connectivity index (χ0v) is 15.9. The van der Waals surface area contributed by atoms with Crippen LogP contribution in [-0.4, -0.2) is 78.1 Å². The largest absolute Gasteiger partial charge is 0.481 e. The van der Waals surface area contributed by atoms with Gasteiger partial charge in [0.1, 0.15) is 0 Å². The van der Waals surface area contributed by atoms with Crippen LogP contribution in [0, 0.1) is 5.92 Å². The Kier molecular flexibility index (Phi) is 4.73. The molecule has 0 bridgehead atoms. The number of carbonyl (C=O) groups excluding carboxylic acids is 1. The number of likely N-dealkylation sites (tertiary alicyclic amines) is 1. The molecule has 3 fully saturated rings. The second-order valence-electron chi connectivity index (χ2n) is 8.00. The zero-order valence-electron chi connectivity index (χ0n) is 15.9. The predicted molar refractivity (Wildman–Crippen MR) is 99.3 cm³/mol.